The number of furan rings is 1. The highest BCUT2D eigenvalue weighted by Crippen LogP contribution is 2.27. The van der Waals surface area contributed by atoms with Crippen LogP contribution >= 0.6 is 15.9 Å². The number of fused-ring (bicyclic) bond motifs is 1. The van der Waals surface area contributed by atoms with Crippen LogP contribution < -0.4 is 0 Å². The van der Waals surface area contributed by atoms with Crippen molar-refractivity contribution in [3.05, 3.63) is 36.1 Å². The Hall–Kier alpha value is -1.29. The highest BCUT2D eigenvalue weighted by molar-refractivity contribution is 9.09. The lowest BCUT2D eigenvalue weighted by Gasteiger charge is -2.24. The molecule has 1 amide bonds. The molecule has 0 saturated carbocycles. The number of para-hydroxylation sites is 1. The Kier molecular flexibility index (Phi) is 4.10. The zero-order chi connectivity index (χ0) is 13.9. The first-order valence-corrected chi connectivity index (χ1v) is 8.26. The number of rotatable bonds is 4. The summed E-state index contributed by atoms with van der Waals surface area (Å²) in [7, 11) is 0. The van der Waals surface area contributed by atoms with E-state index in [9.17, 15) is 4.79 Å². The number of nitrogens with zero attached hydrogens (tertiary/aromatic N) is 1. The maximum atomic E-state index is 12.7. The highest BCUT2D eigenvalue weighted by Gasteiger charge is 2.30. The lowest BCUT2D eigenvalue weighted by molar-refractivity contribution is 0.0731. The van der Waals surface area contributed by atoms with E-state index in [1.165, 1.54) is 0 Å². The molecule has 0 radical (unpaired) electrons. The van der Waals surface area contributed by atoms with Crippen molar-refractivity contribution in [3.8, 4) is 0 Å². The second-order valence-electron chi connectivity index (χ2n) is 5.27. The molecule has 106 valence electrons. The summed E-state index contributed by atoms with van der Waals surface area (Å²) < 4.78 is 5.49. The number of halogens is 1. The molecule has 0 bridgehead atoms. The molecule has 2 heterocycles. The Morgan fingerprint density at radius 2 is 2.25 bits per heavy atom. The number of alkyl halides is 1. The smallest absolute Gasteiger partial charge is 0.257 e. The molecule has 1 fully saturated rings. The van der Waals surface area contributed by atoms with Crippen LogP contribution in [0, 0.1) is 0 Å². The van der Waals surface area contributed by atoms with E-state index in [0.717, 1.165) is 48.5 Å². The molecular weight excluding hydrogens is 318 g/mol. The molecule has 20 heavy (non-hydrogen) atoms. The summed E-state index contributed by atoms with van der Waals surface area (Å²) >= 11 is 3.47. The van der Waals surface area contributed by atoms with Crippen molar-refractivity contribution >= 4 is 32.8 Å². The molecule has 1 aliphatic heterocycles. The van der Waals surface area contributed by atoms with Gasteiger partial charge in [-0.2, -0.15) is 0 Å². The lowest BCUT2D eigenvalue weighted by Crippen LogP contribution is -2.35. The van der Waals surface area contributed by atoms with E-state index in [1.807, 2.05) is 29.2 Å². The maximum absolute atomic E-state index is 12.7. The molecule has 1 aromatic carbocycles. The van der Waals surface area contributed by atoms with Gasteiger partial charge in [-0.25, -0.2) is 0 Å². The molecule has 1 aliphatic rings. The van der Waals surface area contributed by atoms with Crippen LogP contribution in [0.4, 0.5) is 0 Å². The summed E-state index contributed by atoms with van der Waals surface area (Å²) in [4.78, 5) is 14.8. The van der Waals surface area contributed by atoms with Gasteiger partial charge in [0.25, 0.3) is 5.91 Å². The van der Waals surface area contributed by atoms with Crippen molar-refractivity contribution in [1.29, 1.82) is 0 Å². The van der Waals surface area contributed by atoms with Crippen molar-refractivity contribution in [1.82, 2.24) is 4.90 Å². The van der Waals surface area contributed by atoms with Gasteiger partial charge < -0.3 is 9.32 Å². The van der Waals surface area contributed by atoms with Gasteiger partial charge in [-0.05, 0) is 31.7 Å². The van der Waals surface area contributed by atoms with E-state index < -0.39 is 0 Å². The summed E-state index contributed by atoms with van der Waals surface area (Å²) in [5.41, 5.74) is 1.48. The van der Waals surface area contributed by atoms with E-state index in [-0.39, 0.29) is 5.91 Å². The van der Waals surface area contributed by atoms with E-state index in [0.29, 0.717) is 11.6 Å². The zero-order valence-corrected chi connectivity index (χ0v) is 12.9. The summed E-state index contributed by atoms with van der Waals surface area (Å²) in [6.45, 7) is 0.866. The first-order valence-electron chi connectivity index (χ1n) is 7.14. The number of hydrogen-bond acceptors (Lipinski definition) is 2. The first-order chi connectivity index (χ1) is 9.81. The maximum Gasteiger partial charge on any atom is 0.257 e. The van der Waals surface area contributed by atoms with Crippen molar-refractivity contribution in [2.45, 2.75) is 31.7 Å². The van der Waals surface area contributed by atoms with Gasteiger partial charge in [0.1, 0.15) is 11.8 Å². The van der Waals surface area contributed by atoms with Gasteiger partial charge in [-0.3, -0.25) is 4.79 Å². The van der Waals surface area contributed by atoms with Crippen LogP contribution in [0.15, 0.2) is 34.9 Å². The van der Waals surface area contributed by atoms with Crippen molar-refractivity contribution in [3.63, 3.8) is 0 Å². The Morgan fingerprint density at radius 3 is 3.10 bits per heavy atom. The molecule has 3 nitrogen and oxygen atoms in total. The first kappa shape index (κ1) is 13.7. The summed E-state index contributed by atoms with van der Waals surface area (Å²) in [6, 6.07) is 8.11. The molecule has 1 saturated heterocycles. The Bertz CT molecular complexity index is 607. The van der Waals surface area contributed by atoms with Gasteiger partial charge in [0.2, 0.25) is 0 Å². The third kappa shape index (κ3) is 2.49. The molecule has 1 unspecified atom stereocenters. The largest absolute Gasteiger partial charge is 0.463 e. The average Bonchev–Trinajstić information content (AvgIpc) is 3.11. The van der Waals surface area contributed by atoms with Crippen molar-refractivity contribution in [2.75, 3.05) is 11.9 Å². The summed E-state index contributed by atoms with van der Waals surface area (Å²) in [6.07, 6.45) is 6.02. The Morgan fingerprint density at radius 1 is 1.40 bits per heavy atom. The lowest BCUT2D eigenvalue weighted by atomic mass is 10.1. The van der Waals surface area contributed by atoms with Crippen LogP contribution in [0.25, 0.3) is 11.0 Å². The van der Waals surface area contributed by atoms with Gasteiger partial charge in [0.15, 0.2) is 0 Å². The number of hydrogen-bond donors (Lipinski definition) is 0. The third-order valence-electron chi connectivity index (χ3n) is 4.02. The average molecular weight is 336 g/mol. The number of carbonyl (C=O) groups excluding carboxylic acids is 1. The predicted molar refractivity (Wildman–Crippen MR) is 83.3 cm³/mol. The van der Waals surface area contributed by atoms with E-state index in [2.05, 4.69) is 15.9 Å². The Labute approximate surface area is 127 Å². The normalized spacial score (nSPS) is 18.9. The Balaban J connectivity index is 1.84. The molecule has 1 aromatic heterocycles. The molecule has 2 aromatic rings. The molecule has 0 aliphatic carbocycles. The fraction of sp³-hybridized carbons (Fsp3) is 0.438. The minimum absolute atomic E-state index is 0.118. The highest BCUT2D eigenvalue weighted by atomic mass is 79.9. The third-order valence-corrected chi connectivity index (χ3v) is 4.58. The van der Waals surface area contributed by atoms with Gasteiger partial charge in [0.05, 0.1) is 5.56 Å². The zero-order valence-electron chi connectivity index (χ0n) is 11.3. The van der Waals surface area contributed by atoms with E-state index in [4.69, 9.17) is 4.42 Å². The second-order valence-corrected chi connectivity index (χ2v) is 6.06. The number of amides is 1. The van der Waals surface area contributed by atoms with Gasteiger partial charge in [0, 0.05) is 23.3 Å². The fourth-order valence-electron chi connectivity index (χ4n) is 3.01. The fourth-order valence-corrected chi connectivity index (χ4v) is 3.34. The molecule has 3 rings (SSSR count). The molecule has 0 N–H and O–H groups in total. The molecule has 1 atom stereocenters. The SMILES string of the molecule is O=C(c1coc2ccccc12)N1CCCC1CCCBr. The van der Waals surface area contributed by atoms with Gasteiger partial charge in [-0.15, -0.1) is 0 Å². The minimum Gasteiger partial charge on any atom is -0.463 e. The number of carbonyl (C=O) groups is 1. The quantitative estimate of drug-likeness (QED) is 0.784. The summed E-state index contributed by atoms with van der Waals surface area (Å²) in [5.74, 6) is 0.118. The predicted octanol–water partition coefficient (Wildman–Crippen LogP) is 4.21. The summed E-state index contributed by atoms with van der Waals surface area (Å²) in [5, 5.41) is 1.92. The minimum atomic E-state index is 0.118. The van der Waals surface area contributed by atoms with Gasteiger partial charge in [-0.1, -0.05) is 34.1 Å². The molecular formula is C16H18BrNO2. The van der Waals surface area contributed by atoms with E-state index >= 15 is 0 Å². The van der Waals surface area contributed by atoms with Crippen LogP contribution in [-0.2, 0) is 0 Å². The topological polar surface area (TPSA) is 33.5 Å². The van der Waals surface area contributed by atoms with Crippen LogP contribution in [0.2, 0.25) is 0 Å². The van der Waals surface area contributed by atoms with Crippen LogP contribution in [0.3, 0.4) is 0 Å². The van der Waals surface area contributed by atoms with Crippen molar-refractivity contribution < 1.29 is 9.21 Å². The standard InChI is InChI=1S/C16H18BrNO2/c17-9-3-5-12-6-4-10-18(12)16(19)14-11-20-15-8-2-1-7-13(14)15/h1-2,7-8,11-12H,3-6,9-10H2. The number of benzene rings is 1. The number of likely N-dealkylation sites (tertiary alicyclic amines) is 1. The molecule has 4 heteroatoms. The van der Waals surface area contributed by atoms with Crippen LogP contribution in [0.1, 0.15) is 36.0 Å². The monoisotopic (exact) mass is 335 g/mol. The van der Waals surface area contributed by atoms with E-state index in [1.54, 1.807) is 6.26 Å². The van der Waals surface area contributed by atoms with Crippen LogP contribution in [0.5, 0.6) is 0 Å². The van der Waals surface area contributed by atoms with Crippen LogP contribution in [-0.4, -0.2) is 28.7 Å². The van der Waals surface area contributed by atoms with Gasteiger partial charge >= 0.3 is 0 Å². The van der Waals surface area contributed by atoms with Crippen molar-refractivity contribution in [2.24, 2.45) is 0 Å². The molecule has 0 spiro atoms. The second kappa shape index (κ2) is 6.00.